The van der Waals surface area contributed by atoms with Crippen molar-refractivity contribution in [1.82, 2.24) is 0 Å². The minimum absolute atomic E-state index is 0.192. The Morgan fingerprint density at radius 2 is 1.19 bits per heavy atom. The van der Waals surface area contributed by atoms with Crippen molar-refractivity contribution in [2.45, 2.75) is 70.4 Å². The van der Waals surface area contributed by atoms with E-state index in [1.54, 1.807) is 0 Å². The molecule has 0 heterocycles. The first-order chi connectivity index (χ1) is 20.1. The molecule has 236 valence electrons. The van der Waals surface area contributed by atoms with E-state index in [1.165, 1.54) is 6.07 Å². The molecule has 0 radical (unpaired) electrons. The van der Waals surface area contributed by atoms with E-state index in [0.717, 1.165) is 56.2 Å². The summed E-state index contributed by atoms with van der Waals surface area (Å²) in [6.45, 7) is 1.30. The summed E-state index contributed by atoms with van der Waals surface area (Å²) in [5, 5.41) is 18.2. The van der Waals surface area contributed by atoms with Gasteiger partial charge < -0.3 is 0 Å². The third-order valence-corrected chi connectivity index (χ3v) is 16.1. The molecule has 0 saturated heterocycles. The summed E-state index contributed by atoms with van der Waals surface area (Å²) in [4.78, 5) is 25.1. The van der Waals surface area contributed by atoms with E-state index in [2.05, 4.69) is 20.8 Å². The molecule has 0 aliphatic rings. The first-order valence-corrected chi connectivity index (χ1v) is 19.1. The summed E-state index contributed by atoms with van der Waals surface area (Å²) in [6, 6.07) is 13.3. The van der Waals surface area contributed by atoms with Crippen molar-refractivity contribution in [3.8, 4) is 0 Å². The van der Waals surface area contributed by atoms with Crippen LogP contribution in [0.1, 0.15) is 85.6 Å². The zero-order valence-corrected chi connectivity index (χ0v) is 26.8. The Bertz CT molecular complexity index is 1190. The second kappa shape index (κ2) is 17.1. The number of ether oxygens (including phenoxy) is 2. The molecule has 0 fully saturated rings. The normalized spacial score (nSPS) is 12.8. The number of hydrogen-bond acceptors (Lipinski definition) is 9. The maximum atomic E-state index is 14.3. The van der Waals surface area contributed by atoms with Gasteiger partial charge in [0.15, 0.2) is 0 Å². The number of aliphatic hydroxyl groups is 2. The molecule has 0 bridgehead atoms. The molecule has 0 aromatic heterocycles. The molecule has 11 heteroatoms. The molecule has 0 aliphatic carbocycles. The van der Waals surface area contributed by atoms with Crippen LogP contribution in [0.5, 0.6) is 0 Å². The Morgan fingerprint density at radius 1 is 0.738 bits per heavy atom. The second-order valence-electron chi connectivity index (χ2n) is 10.7. The summed E-state index contributed by atoms with van der Waals surface area (Å²) in [7, 11) is -4.50. The fourth-order valence-corrected chi connectivity index (χ4v) is 15.0. The van der Waals surface area contributed by atoms with Crippen molar-refractivity contribution in [1.29, 1.82) is 0 Å². The summed E-state index contributed by atoms with van der Waals surface area (Å²) >= 11 is 0. The van der Waals surface area contributed by atoms with Crippen LogP contribution in [0, 0.1) is 0 Å². The van der Waals surface area contributed by atoms with Crippen LogP contribution in [0.2, 0.25) is 0 Å². The number of carbonyl (C=O) groups is 2. The fourth-order valence-electron chi connectivity index (χ4n) is 5.17. The predicted octanol–water partition coefficient (Wildman–Crippen LogP) is 5.76. The van der Waals surface area contributed by atoms with Crippen molar-refractivity contribution in [2.75, 3.05) is 44.9 Å². The van der Waals surface area contributed by atoms with Crippen LogP contribution in [0.4, 0.5) is 0 Å². The molecule has 42 heavy (non-hydrogen) atoms. The van der Waals surface area contributed by atoms with E-state index in [9.17, 15) is 18.0 Å². The van der Waals surface area contributed by atoms with Crippen molar-refractivity contribution >= 4 is 28.9 Å². The van der Waals surface area contributed by atoms with Gasteiger partial charge >= 0.3 is 251 Å². The van der Waals surface area contributed by atoms with Gasteiger partial charge in [-0.2, -0.15) is 0 Å². The number of rotatable bonds is 20. The van der Waals surface area contributed by atoms with Gasteiger partial charge in [-0.1, -0.05) is 0 Å². The van der Waals surface area contributed by atoms with Gasteiger partial charge in [0, 0.05) is 0 Å². The first-order valence-electron chi connectivity index (χ1n) is 14.8. The minimum atomic E-state index is -4.50. The Labute approximate surface area is 250 Å². The molecule has 2 aromatic carbocycles. The van der Waals surface area contributed by atoms with E-state index in [4.69, 9.17) is 23.7 Å². The van der Waals surface area contributed by atoms with Crippen molar-refractivity contribution in [3.05, 3.63) is 65.2 Å². The van der Waals surface area contributed by atoms with Crippen LogP contribution in [0.25, 0.3) is 0 Å². The van der Waals surface area contributed by atoms with Crippen LogP contribution in [-0.4, -0.2) is 75.5 Å². The molecule has 0 amide bonds. The number of carbonyl (C=O) groups excluding carboxylic acids is 2. The number of hydrogen-bond donors (Lipinski definition) is 2. The van der Waals surface area contributed by atoms with E-state index < -0.39 is 42.1 Å². The fraction of sp³-hybridized carbons (Fsp3) is 0.548. The monoisotopic (exact) mass is 626 g/mol. The zero-order chi connectivity index (χ0) is 31.1. The molecule has 2 aromatic rings. The maximum absolute atomic E-state index is 14.3. The molecule has 9 nitrogen and oxygen atoms in total. The molecule has 0 unspecified atom stereocenters. The average Bonchev–Trinajstić information content (AvgIpc) is 2.99. The Kier molecular flexibility index (Phi) is 14.6. The molecule has 0 spiro atoms. The van der Waals surface area contributed by atoms with Crippen molar-refractivity contribution in [2.24, 2.45) is 0 Å². The second-order valence-corrected chi connectivity index (χ2v) is 18.1. The first kappa shape index (κ1) is 35.8. The van der Waals surface area contributed by atoms with Gasteiger partial charge in [0.25, 0.3) is 0 Å². The molecule has 2 N–H and O–H groups in total. The van der Waals surface area contributed by atoms with E-state index >= 15 is 0 Å². The van der Waals surface area contributed by atoms with Crippen molar-refractivity contribution < 1.29 is 41.7 Å². The van der Waals surface area contributed by atoms with Crippen LogP contribution in [-0.2, 0) is 29.7 Å². The SMILES string of the molecule is CCCCP(CCCC)(CCCC)(Cc1ccccc1)OS(=O)(=O)c1cc(C(=O)OCCO)cc(C(=O)OCCO)c1. The van der Waals surface area contributed by atoms with Gasteiger partial charge in [0.1, 0.15) is 0 Å². The van der Waals surface area contributed by atoms with Gasteiger partial charge in [-0.3, -0.25) is 0 Å². The van der Waals surface area contributed by atoms with Crippen molar-refractivity contribution in [3.63, 3.8) is 0 Å². The summed E-state index contributed by atoms with van der Waals surface area (Å²) in [5.74, 6) is -1.80. The van der Waals surface area contributed by atoms with E-state index in [-0.39, 0.29) is 29.2 Å². The summed E-state index contributed by atoms with van der Waals surface area (Å²) in [5.41, 5.74) is 0.634. The molecular formula is C31H47O9PS. The quantitative estimate of drug-likeness (QED) is 0.139. The van der Waals surface area contributed by atoms with Gasteiger partial charge in [0.2, 0.25) is 0 Å². The van der Waals surface area contributed by atoms with Crippen LogP contribution >= 0.6 is 6.83 Å². The average molecular weight is 627 g/mol. The number of esters is 2. The van der Waals surface area contributed by atoms with Crippen LogP contribution < -0.4 is 0 Å². The molecule has 0 atom stereocenters. The molecule has 2 rings (SSSR count). The van der Waals surface area contributed by atoms with Gasteiger partial charge in [-0.25, -0.2) is 0 Å². The Morgan fingerprint density at radius 3 is 1.60 bits per heavy atom. The van der Waals surface area contributed by atoms with Gasteiger partial charge in [-0.15, -0.1) is 0 Å². The zero-order valence-electron chi connectivity index (χ0n) is 25.1. The number of unbranched alkanes of at least 4 members (excludes halogenated alkanes) is 3. The standard InChI is InChI=1S/C31H47O9PS/c1-4-7-19-41(20-8-5-2,21-9-6-3,25-26-13-11-10-12-14-26)40-42(36,37)29-23-27(30(34)38-17-15-32)22-28(24-29)31(35)39-18-16-33/h10-14,22-24,32-33H,4-9,15-21,25H2,1-3H3. The van der Waals surface area contributed by atoms with Gasteiger partial charge in [0.05, 0.1) is 0 Å². The van der Waals surface area contributed by atoms with Crippen LogP contribution in [0.15, 0.2) is 53.4 Å². The topological polar surface area (TPSA) is 136 Å². The molecule has 0 saturated carbocycles. The third-order valence-electron chi connectivity index (χ3n) is 7.28. The Balaban J connectivity index is 2.77. The van der Waals surface area contributed by atoms with E-state index in [1.807, 2.05) is 30.3 Å². The predicted molar refractivity (Wildman–Crippen MR) is 166 cm³/mol. The third kappa shape index (κ3) is 10.1. The number of aliphatic hydroxyl groups excluding tert-OH is 2. The summed E-state index contributed by atoms with van der Waals surface area (Å²) < 4.78 is 45.4. The van der Waals surface area contributed by atoms with E-state index in [0.29, 0.717) is 24.6 Å². The summed E-state index contributed by atoms with van der Waals surface area (Å²) in [6.07, 6.45) is 7.47. The van der Waals surface area contributed by atoms with Gasteiger partial charge in [-0.05, 0) is 0 Å². The Hall–Kier alpha value is -2.36. The molecular weight excluding hydrogens is 579 g/mol. The molecule has 0 aliphatic heterocycles. The van der Waals surface area contributed by atoms with Crippen LogP contribution in [0.3, 0.4) is 0 Å². The number of benzene rings is 2.